The number of hydrogen-bond acceptors (Lipinski definition) is 5. The van der Waals surface area contributed by atoms with Crippen LogP contribution in [0.4, 0.5) is 11.4 Å². The van der Waals surface area contributed by atoms with Gasteiger partial charge in [-0.15, -0.1) is 0 Å². The topological polar surface area (TPSA) is 103 Å². The molecule has 0 spiro atoms. The number of carbonyl (C=O) groups excluding carboxylic acids is 2. The molecule has 3 aromatic carbocycles. The van der Waals surface area contributed by atoms with E-state index in [0.29, 0.717) is 11.1 Å². The highest BCUT2D eigenvalue weighted by Gasteiger charge is 2.20. The minimum absolute atomic E-state index is 0.00283. The van der Waals surface area contributed by atoms with E-state index in [4.69, 9.17) is 0 Å². The maximum atomic E-state index is 13.6. The molecule has 2 amide bonds. The highest BCUT2D eigenvalue weighted by atomic mass is 16.4. The van der Waals surface area contributed by atoms with Crippen LogP contribution in [-0.2, 0) is 16.8 Å². The number of anilines is 2. The first-order chi connectivity index (χ1) is 22.6. The molecular weight excluding hydrogens is 588 g/mol. The summed E-state index contributed by atoms with van der Waals surface area (Å²) in [5.41, 5.74) is 6.68. The van der Waals surface area contributed by atoms with E-state index < -0.39 is 5.97 Å². The molecule has 8 heteroatoms. The van der Waals surface area contributed by atoms with Crippen LogP contribution in [0.2, 0.25) is 0 Å². The Labute approximate surface area is 277 Å². The summed E-state index contributed by atoms with van der Waals surface area (Å²) in [5.74, 6) is -1.39. The van der Waals surface area contributed by atoms with Crippen LogP contribution >= 0.6 is 0 Å². The molecule has 1 aromatic heterocycles. The number of carboxylic acid groups (broad SMARTS) is 1. The Bertz CT molecular complexity index is 1690. The number of hydrogen-bond donors (Lipinski definition) is 2. The largest absolute Gasteiger partial charge is 0.481 e. The van der Waals surface area contributed by atoms with Gasteiger partial charge in [-0.3, -0.25) is 19.4 Å². The maximum absolute atomic E-state index is 13.6. The highest BCUT2D eigenvalue weighted by molar-refractivity contribution is 6.06. The molecule has 47 heavy (non-hydrogen) atoms. The zero-order valence-electron chi connectivity index (χ0n) is 27.5. The van der Waals surface area contributed by atoms with Crippen LogP contribution in [-0.4, -0.2) is 52.4 Å². The fourth-order valence-corrected chi connectivity index (χ4v) is 5.94. The number of rotatable bonds is 10. The summed E-state index contributed by atoms with van der Waals surface area (Å²) >= 11 is 0. The van der Waals surface area contributed by atoms with Crippen molar-refractivity contribution in [1.82, 2.24) is 9.88 Å². The third-order valence-corrected chi connectivity index (χ3v) is 8.63. The molecular formula is C39H44N4O4. The number of carbonyl (C=O) groups is 3. The van der Waals surface area contributed by atoms with Gasteiger partial charge in [0.05, 0.1) is 23.4 Å². The second-order valence-electron chi connectivity index (χ2n) is 13.2. The third kappa shape index (κ3) is 8.85. The van der Waals surface area contributed by atoms with Gasteiger partial charge in [-0.05, 0) is 83.0 Å². The van der Waals surface area contributed by atoms with E-state index in [0.717, 1.165) is 54.0 Å². The normalized spacial score (nSPS) is 13.5. The van der Waals surface area contributed by atoms with Crippen LogP contribution in [0.1, 0.15) is 84.7 Å². The molecule has 1 saturated heterocycles. The van der Waals surface area contributed by atoms with Gasteiger partial charge in [0.15, 0.2) is 0 Å². The Kier molecular flexibility index (Phi) is 10.7. The number of aromatic nitrogens is 1. The van der Waals surface area contributed by atoms with Gasteiger partial charge in [0.1, 0.15) is 0 Å². The van der Waals surface area contributed by atoms with Crippen LogP contribution in [0, 0.1) is 0 Å². The van der Waals surface area contributed by atoms with E-state index in [2.05, 4.69) is 48.1 Å². The molecule has 2 heterocycles. The standard InChI is InChI=1S/C39H44N4O4/c1-39(2,3)33-16-13-29(14-17-33)37(46)41-34-25-31(15-18-35(34)42-21-6-4-5-7-22-42)30-11-8-10-28(24-30)27-43(23-19-36(44)45)38(47)32-12-9-20-40-26-32/h8-18,20,24-26H,4-7,19,21-23,27H2,1-3H3,(H,41,46)(H,44,45). The van der Waals surface area contributed by atoms with Gasteiger partial charge in [0, 0.05) is 44.1 Å². The van der Waals surface area contributed by atoms with Gasteiger partial charge in [0.2, 0.25) is 0 Å². The molecule has 0 aliphatic carbocycles. The van der Waals surface area contributed by atoms with Crippen LogP contribution in [0.25, 0.3) is 11.1 Å². The molecule has 0 saturated carbocycles. The average Bonchev–Trinajstić information content (AvgIpc) is 3.36. The van der Waals surface area contributed by atoms with Gasteiger partial charge in [-0.25, -0.2) is 0 Å². The summed E-state index contributed by atoms with van der Waals surface area (Å²) in [6.45, 7) is 8.66. The van der Waals surface area contributed by atoms with Crippen LogP contribution in [0.15, 0.2) is 91.3 Å². The number of nitrogens with one attached hydrogen (secondary N) is 1. The second kappa shape index (κ2) is 15.1. The van der Waals surface area contributed by atoms with E-state index >= 15 is 0 Å². The molecule has 4 aromatic rings. The minimum Gasteiger partial charge on any atom is -0.481 e. The van der Waals surface area contributed by atoms with Gasteiger partial charge < -0.3 is 20.2 Å². The van der Waals surface area contributed by atoms with Crippen molar-refractivity contribution in [3.8, 4) is 11.1 Å². The number of amides is 2. The van der Waals surface area contributed by atoms with Crippen LogP contribution in [0.5, 0.6) is 0 Å². The summed E-state index contributed by atoms with van der Waals surface area (Å²) in [6, 6.07) is 25.3. The SMILES string of the molecule is CC(C)(C)c1ccc(C(=O)Nc2cc(-c3cccc(CN(CCC(=O)O)C(=O)c4cccnc4)c3)ccc2N2CCCCCC2)cc1. The Morgan fingerprint density at radius 3 is 2.23 bits per heavy atom. The van der Waals surface area contributed by atoms with E-state index in [1.807, 2.05) is 54.6 Å². The summed E-state index contributed by atoms with van der Waals surface area (Å²) in [6.07, 6.45) is 7.56. The number of benzene rings is 3. The number of carboxylic acids is 1. The zero-order valence-corrected chi connectivity index (χ0v) is 27.5. The van der Waals surface area contributed by atoms with Crippen molar-refractivity contribution in [3.05, 3.63) is 114 Å². The fraction of sp³-hybridized carbons (Fsp3) is 0.333. The van der Waals surface area contributed by atoms with E-state index in [1.165, 1.54) is 24.6 Å². The molecule has 0 unspecified atom stereocenters. The van der Waals surface area contributed by atoms with Crippen molar-refractivity contribution in [3.63, 3.8) is 0 Å². The summed E-state index contributed by atoms with van der Waals surface area (Å²) in [4.78, 5) is 46.2. The molecule has 1 aliphatic rings. The average molecular weight is 633 g/mol. The number of aliphatic carboxylic acids is 1. The molecule has 0 atom stereocenters. The predicted molar refractivity (Wildman–Crippen MR) is 187 cm³/mol. The van der Waals surface area contributed by atoms with Crippen molar-refractivity contribution >= 4 is 29.2 Å². The second-order valence-corrected chi connectivity index (χ2v) is 13.2. The van der Waals surface area contributed by atoms with Crippen molar-refractivity contribution in [2.45, 2.75) is 64.8 Å². The lowest BCUT2D eigenvalue weighted by atomic mass is 9.86. The lowest BCUT2D eigenvalue weighted by Crippen LogP contribution is -2.32. The quantitative estimate of drug-likeness (QED) is 0.185. The third-order valence-electron chi connectivity index (χ3n) is 8.63. The molecule has 244 valence electrons. The monoisotopic (exact) mass is 632 g/mol. The molecule has 0 radical (unpaired) electrons. The van der Waals surface area contributed by atoms with Gasteiger partial charge >= 0.3 is 5.97 Å². The Hall–Kier alpha value is -4.98. The van der Waals surface area contributed by atoms with Crippen molar-refractivity contribution < 1.29 is 19.5 Å². The molecule has 1 fully saturated rings. The predicted octanol–water partition coefficient (Wildman–Crippen LogP) is 7.80. The minimum atomic E-state index is -0.966. The van der Waals surface area contributed by atoms with E-state index in [-0.39, 0.29) is 36.7 Å². The van der Waals surface area contributed by atoms with Crippen LogP contribution < -0.4 is 10.2 Å². The van der Waals surface area contributed by atoms with Crippen molar-refractivity contribution in [1.29, 1.82) is 0 Å². The fourth-order valence-electron chi connectivity index (χ4n) is 5.94. The Balaban J connectivity index is 1.44. The molecule has 0 bridgehead atoms. The summed E-state index contributed by atoms with van der Waals surface area (Å²) in [7, 11) is 0. The van der Waals surface area contributed by atoms with Crippen LogP contribution in [0.3, 0.4) is 0 Å². The summed E-state index contributed by atoms with van der Waals surface area (Å²) in [5, 5.41) is 12.6. The molecule has 5 rings (SSSR count). The molecule has 8 nitrogen and oxygen atoms in total. The van der Waals surface area contributed by atoms with Gasteiger partial charge in [-0.1, -0.05) is 70.0 Å². The Morgan fingerprint density at radius 1 is 0.851 bits per heavy atom. The summed E-state index contributed by atoms with van der Waals surface area (Å²) < 4.78 is 0. The maximum Gasteiger partial charge on any atom is 0.305 e. The molecule has 1 aliphatic heterocycles. The van der Waals surface area contributed by atoms with Crippen molar-refractivity contribution in [2.75, 3.05) is 29.9 Å². The van der Waals surface area contributed by atoms with Crippen molar-refractivity contribution in [2.24, 2.45) is 0 Å². The Morgan fingerprint density at radius 2 is 1.57 bits per heavy atom. The smallest absolute Gasteiger partial charge is 0.305 e. The molecule has 2 N–H and O–H groups in total. The zero-order chi connectivity index (χ0) is 33.4. The van der Waals surface area contributed by atoms with E-state index in [1.54, 1.807) is 23.2 Å². The van der Waals surface area contributed by atoms with Gasteiger partial charge in [0.25, 0.3) is 11.8 Å². The number of pyridine rings is 1. The van der Waals surface area contributed by atoms with E-state index in [9.17, 15) is 19.5 Å². The lowest BCUT2D eigenvalue weighted by molar-refractivity contribution is -0.137. The lowest BCUT2D eigenvalue weighted by Gasteiger charge is -2.26. The first-order valence-corrected chi connectivity index (χ1v) is 16.4. The number of nitrogens with zero attached hydrogens (tertiary/aromatic N) is 3. The first-order valence-electron chi connectivity index (χ1n) is 16.4. The van der Waals surface area contributed by atoms with Gasteiger partial charge in [-0.2, -0.15) is 0 Å². The first kappa shape index (κ1) is 33.4. The highest BCUT2D eigenvalue weighted by Crippen LogP contribution is 2.34.